The van der Waals surface area contributed by atoms with E-state index in [-0.39, 0.29) is 62.9 Å². The molecular formula is C28H13F8KO5S. The number of ether oxygens (including phenoxy) is 2. The number of terminal acetylenes is 1. The van der Waals surface area contributed by atoms with Crippen LogP contribution in [0.25, 0.3) is 11.1 Å². The van der Waals surface area contributed by atoms with Crippen LogP contribution in [-0.4, -0.2) is 13.0 Å². The van der Waals surface area contributed by atoms with Gasteiger partial charge >= 0.3 is 51.4 Å². The quantitative estimate of drug-likeness (QED) is 0.101. The Labute approximate surface area is 281 Å². The summed E-state index contributed by atoms with van der Waals surface area (Å²) in [5.74, 6) is -19.9. The van der Waals surface area contributed by atoms with Gasteiger partial charge in [0.15, 0.2) is 34.9 Å². The third-order valence-corrected chi connectivity index (χ3v) is 6.66. The summed E-state index contributed by atoms with van der Waals surface area (Å²) in [7, 11) is -5.51. The van der Waals surface area contributed by atoms with Gasteiger partial charge in [-0.15, -0.1) is 6.42 Å². The van der Waals surface area contributed by atoms with Gasteiger partial charge in [-0.2, -0.15) is 8.78 Å². The average Bonchev–Trinajstić information content (AvgIpc) is 2.93. The molecular weight excluding hydrogens is 639 g/mol. The fourth-order valence-corrected chi connectivity index (χ4v) is 4.47. The Kier molecular flexibility index (Phi) is 10.4. The van der Waals surface area contributed by atoms with E-state index in [1.807, 2.05) is 0 Å². The molecule has 0 N–H and O–H groups in total. The van der Waals surface area contributed by atoms with Crippen molar-refractivity contribution in [2.45, 2.75) is 18.7 Å². The molecule has 4 aromatic carbocycles. The van der Waals surface area contributed by atoms with Crippen molar-refractivity contribution in [2.24, 2.45) is 0 Å². The summed E-state index contributed by atoms with van der Waals surface area (Å²) < 4.78 is 162. The van der Waals surface area contributed by atoms with Gasteiger partial charge in [0.05, 0.1) is 11.1 Å². The summed E-state index contributed by atoms with van der Waals surface area (Å²) in [6, 6.07) is 6.70. The first-order valence-electron chi connectivity index (χ1n) is 11.3. The first kappa shape index (κ1) is 34.5. The van der Waals surface area contributed by atoms with Gasteiger partial charge in [-0.3, -0.25) is 0 Å². The number of aryl methyl sites for hydroxylation is 1. The molecule has 0 heterocycles. The number of hydrogen-bond acceptors (Lipinski definition) is 5. The van der Waals surface area contributed by atoms with Gasteiger partial charge in [0, 0.05) is 17.2 Å². The van der Waals surface area contributed by atoms with E-state index in [9.17, 15) is 48.1 Å². The summed E-state index contributed by atoms with van der Waals surface area (Å²) in [5, 5.41) is 0. The summed E-state index contributed by atoms with van der Waals surface area (Å²) in [6.07, 6.45) is 5.35. The van der Waals surface area contributed by atoms with Gasteiger partial charge in [0.2, 0.25) is 17.4 Å². The van der Waals surface area contributed by atoms with E-state index < -0.39 is 89.7 Å². The first-order valence-corrected chi connectivity index (χ1v) is 12.7. The van der Waals surface area contributed by atoms with Gasteiger partial charge < -0.3 is 14.0 Å². The zero-order valence-electron chi connectivity index (χ0n) is 22.0. The molecule has 0 radical (unpaired) electrons. The van der Waals surface area contributed by atoms with Crippen LogP contribution in [0, 0.1) is 72.7 Å². The Hall–Kier alpha value is -2.97. The topological polar surface area (TPSA) is 75.7 Å². The van der Waals surface area contributed by atoms with Crippen LogP contribution in [0.3, 0.4) is 0 Å². The van der Waals surface area contributed by atoms with Crippen LogP contribution >= 0.6 is 0 Å². The number of halogens is 8. The molecule has 5 nitrogen and oxygen atoms in total. The minimum atomic E-state index is -5.51. The Bertz CT molecular complexity index is 1880. The van der Waals surface area contributed by atoms with Crippen molar-refractivity contribution in [2.75, 3.05) is 0 Å². The fourth-order valence-electron chi connectivity index (χ4n) is 3.85. The van der Waals surface area contributed by atoms with Crippen molar-refractivity contribution in [3.8, 4) is 46.5 Å². The van der Waals surface area contributed by atoms with Crippen molar-refractivity contribution in [3.63, 3.8) is 0 Å². The maximum Gasteiger partial charge on any atom is 1.00 e. The largest absolute Gasteiger partial charge is 1.00 e. The van der Waals surface area contributed by atoms with E-state index >= 15 is 0 Å². The molecule has 0 aliphatic rings. The predicted octanol–water partition coefficient (Wildman–Crippen LogP) is 4.56. The fraction of sp³-hybridized carbons (Fsp3) is 0.0714. The number of benzene rings is 4. The molecule has 218 valence electrons. The summed E-state index contributed by atoms with van der Waals surface area (Å²) >= 11 is 0. The molecule has 0 spiro atoms. The second-order valence-electron chi connectivity index (χ2n) is 8.66. The third kappa shape index (κ3) is 6.60. The SMILES string of the molecule is C#Cc1cc(C)cc(Oc2ccc(Oc3c(F)c(F)c(-c4c(F)c(F)c(C)c(F)c4F)c(F)c3F)c(S(=O)(=O)[O-])c2)c1.[K+]. The molecule has 0 aromatic heterocycles. The summed E-state index contributed by atoms with van der Waals surface area (Å²) in [4.78, 5) is -1.30. The van der Waals surface area contributed by atoms with Crippen molar-refractivity contribution in [1.82, 2.24) is 0 Å². The van der Waals surface area contributed by atoms with Crippen LogP contribution in [-0.2, 0) is 10.1 Å². The van der Waals surface area contributed by atoms with Crippen molar-refractivity contribution in [3.05, 3.63) is 99.6 Å². The molecule has 0 saturated carbocycles. The average molecular weight is 653 g/mol. The molecule has 4 rings (SSSR count). The van der Waals surface area contributed by atoms with E-state index in [2.05, 4.69) is 5.92 Å². The monoisotopic (exact) mass is 652 g/mol. The summed E-state index contributed by atoms with van der Waals surface area (Å²) in [6.45, 7) is 2.26. The van der Waals surface area contributed by atoms with Crippen LogP contribution < -0.4 is 60.9 Å². The normalized spacial score (nSPS) is 11.1. The van der Waals surface area contributed by atoms with Gasteiger partial charge in [0.25, 0.3) is 0 Å². The third-order valence-electron chi connectivity index (χ3n) is 5.81. The van der Waals surface area contributed by atoms with Gasteiger partial charge in [-0.1, -0.05) is 5.92 Å². The Morgan fingerprint density at radius 3 is 1.70 bits per heavy atom. The second-order valence-corrected chi connectivity index (χ2v) is 10.0. The van der Waals surface area contributed by atoms with E-state index in [4.69, 9.17) is 15.9 Å². The number of rotatable bonds is 6. The van der Waals surface area contributed by atoms with Crippen LogP contribution in [0.1, 0.15) is 16.7 Å². The Balaban J connectivity index is 0.00000506. The van der Waals surface area contributed by atoms with Gasteiger partial charge in [0.1, 0.15) is 32.3 Å². The van der Waals surface area contributed by atoms with E-state index in [0.29, 0.717) is 30.2 Å². The zero-order chi connectivity index (χ0) is 31.3. The van der Waals surface area contributed by atoms with Crippen LogP contribution in [0.2, 0.25) is 0 Å². The predicted molar refractivity (Wildman–Crippen MR) is 130 cm³/mol. The van der Waals surface area contributed by atoms with Crippen LogP contribution in [0.15, 0.2) is 41.3 Å². The van der Waals surface area contributed by atoms with E-state index in [1.54, 1.807) is 13.0 Å². The first-order chi connectivity index (χ1) is 19.6. The van der Waals surface area contributed by atoms with Gasteiger partial charge in [-0.25, -0.2) is 34.8 Å². The molecule has 0 amide bonds. The second kappa shape index (κ2) is 12.9. The molecule has 0 unspecified atom stereocenters. The smallest absolute Gasteiger partial charge is 0.744 e. The maximum absolute atomic E-state index is 14.9. The molecule has 43 heavy (non-hydrogen) atoms. The zero-order valence-corrected chi connectivity index (χ0v) is 26.0. The van der Waals surface area contributed by atoms with Gasteiger partial charge in [-0.05, 0) is 49.7 Å². The van der Waals surface area contributed by atoms with Crippen LogP contribution in [0.4, 0.5) is 35.1 Å². The van der Waals surface area contributed by atoms with Crippen molar-refractivity contribution < 1.29 is 109 Å². The number of hydrogen-bond donors (Lipinski definition) is 0. The molecule has 0 aliphatic carbocycles. The Morgan fingerprint density at radius 2 is 1.21 bits per heavy atom. The minimum Gasteiger partial charge on any atom is -0.744 e. The molecule has 0 bridgehead atoms. The van der Waals surface area contributed by atoms with E-state index in [0.717, 1.165) is 6.07 Å². The minimum absolute atomic E-state index is 0. The molecule has 0 aliphatic heterocycles. The molecule has 15 heteroatoms. The molecule has 0 saturated heterocycles. The molecule has 4 aromatic rings. The standard InChI is InChI=1S/C28H14F8O5S.K/c1-4-13-7-11(2)8-15(9-13)40-14-5-6-16(17(10-14)42(37,38)39)41-28-26(35)24(33)19(25(34)27(28)36)18-22(31)20(29)12(3)21(30)23(18)32;/h1,5-10H,2-3H3,(H,37,38,39);/q;+1/p-1. The Morgan fingerprint density at radius 1 is 0.698 bits per heavy atom. The van der Waals surface area contributed by atoms with Crippen molar-refractivity contribution >= 4 is 10.1 Å². The molecule has 0 fully saturated rings. The molecule has 0 atom stereocenters. The summed E-state index contributed by atoms with van der Waals surface area (Å²) in [5.41, 5.74) is -4.44. The maximum atomic E-state index is 14.9. The van der Waals surface area contributed by atoms with E-state index in [1.165, 1.54) is 12.1 Å². The van der Waals surface area contributed by atoms with Crippen LogP contribution in [0.5, 0.6) is 23.0 Å². The van der Waals surface area contributed by atoms with Crippen molar-refractivity contribution in [1.29, 1.82) is 0 Å².